The van der Waals surface area contributed by atoms with Crippen LogP contribution in [0.15, 0.2) is 47.6 Å². The Hall–Kier alpha value is -1.52. The maximum Gasteiger partial charge on any atom is 0.258 e. The summed E-state index contributed by atoms with van der Waals surface area (Å²) in [6.07, 6.45) is 1.70. The predicted octanol–water partition coefficient (Wildman–Crippen LogP) is 4.49. The second kappa shape index (κ2) is 6.77. The Morgan fingerprint density at radius 2 is 1.95 bits per heavy atom. The van der Waals surface area contributed by atoms with Gasteiger partial charge in [-0.05, 0) is 36.4 Å². The number of hydrogen-bond donors (Lipinski definition) is 1. The number of carbonyl (C=O) groups excluding carboxylic acids is 1. The van der Waals surface area contributed by atoms with Gasteiger partial charge in [0.15, 0.2) is 0 Å². The quantitative estimate of drug-likeness (QED) is 0.846. The van der Waals surface area contributed by atoms with Crippen LogP contribution in [0.3, 0.4) is 0 Å². The van der Waals surface area contributed by atoms with Crippen molar-refractivity contribution in [2.75, 3.05) is 5.32 Å². The van der Waals surface area contributed by atoms with E-state index in [2.05, 4.69) is 24.1 Å². The number of rotatable bonds is 4. The Morgan fingerprint density at radius 1 is 1.25 bits per heavy atom. The molecule has 1 N–H and O–H groups in total. The lowest BCUT2D eigenvalue weighted by molar-refractivity contribution is 0.102. The van der Waals surface area contributed by atoms with Gasteiger partial charge in [-0.25, -0.2) is 4.98 Å². The molecule has 2 rings (SSSR count). The molecule has 1 amide bonds. The fourth-order valence-electron chi connectivity index (χ4n) is 1.61. The normalized spacial score (nSPS) is 10.6. The molecule has 1 aromatic carbocycles. The van der Waals surface area contributed by atoms with Crippen LogP contribution in [0.2, 0.25) is 5.02 Å². The van der Waals surface area contributed by atoms with Crippen molar-refractivity contribution in [3.63, 3.8) is 0 Å². The minimum Gasteiger partial charge on any atom is -0.322 e. The van der Waals surface area contributed by atoms with E-state index in [4.69, 9.17) is 11.6 Å². The first kappa shape index (κ1) is 14.9. The standard InChI is InChI=1S/C15H15ClN2OS/c1-10(2)20-15-13(4-3-9-17-15)14(19)18-12-7-5-11(16)6-8-12/h3-10H,1-2H3,(H,18,19). The summed E-state index contributed by atoms with van der Waals surface area (Å²) in [6, 6.07) is 10.6. The average Bonchev–Trinajstić information content (AvgIpc) is 2.41. The van der Waals surface area contributed by atoms with Gasteiger partial charge in [-0.1, -0.05) is 25.4 Å². The molecule has 0 unspecified atom stereocenters. The molecule has 3 nitrogen and oxygen atoms in total. The van der Waals surface area contributed by atoms with Gasteiger partial charge in [-0.3, -0.25) is 4.79 Å². The summed E-state index contributed by atoms with van der Waals surface area (Å²) in [6.45, 7) is 4.14. The van der Waals surface area contributed by atoms with Gasteiger partial charge in [0.2, 0.25) is 0 Å². The van der Waals surface area contributed by atoms with Gasteiger partial charge < -0.3 is 5.32 Å². The summed E-state index contributed by atoms with van der Waals surface area (Å²) < 4.78 is 0. The number of anilines is 1. The summed E-state index contributed by atoms with van der Waals surface area (Å²) in [5, 5.41) is 4.60. The topological polar surface area (TPSA) is 42.0 Å². The fraction of sp³-hybridized carbons (Fsp3) is 0.200. The molecule has 0 aliphatic rings. The highest BCUT2D eigenvalue weighted by molar-refractivity contribution is 7.99. The highest BCUT2D eigenvalue weighted by Crippen LogP contribution is 2.25. The number of pyridine rings is 1. The van der Waals surface area contributed by atoms with Crippen LogP contribution < -0.4 is 5.32 Å². The predicted molar refractivity (Wildman–Crippen MR) is 84.6 cm³/mol. The molecule has 0 aliphatic carbocycles. The third-order valence-corrected chi connectivity index (χ3v) is 3.74. The molecule has 0 bridgehead atoms. The van der Waals surface area contributed by atoms with E-state index in [9.17, 15) is 4.79 Å². The van der Waals surface area contributed by atoms with Crippen LogP contribution in [0, 0.1) is 0 Å². The van der Waals surface area contributed by atoms with Crippen molar-refractivity contribution in [3.05, 3.63) is 53.2 Å². The van der Waals surface area contributed by atoms with Crippen LogP contribution in [0.4, 0.5) is 5.69 Å². The van der Waals surface area contributed by atoms with Crippen LogP contribution in [0.5, 0.6) is 0 Å². The van der Waals surface area contributed by atoms with Crippen molar-refractivity contribution in [2.24, 2.45) is 0 Å². The SMILES string of the molecule is CC(C)Sc1ncccc1C(=O)Nc1ccc(Cl)cc1. The van der Waals surface area contributed by atoms with Crippen LogP contribution in [-0.4, -0.2) is 16.1 Å². The van der Waals surface area contributed by atoms with E-state index in [1.54, 1.807) is 54.4 Å². The van der Waals surface area contributed by atoms with Gasteiger partial charge in [-0.2, -0.15) is 0 Å². The molecule has 0 saturated heterocycles. The molecule has 104 valence electrons. The maximum atomic E-state index is 12.3. The molecule has 2 aromatic rings. The Morgan fingerprint density at radius 3 is 2.60 bits per heavy atom. The van der Waals surface area contributed by atoms with Gasteiger partial charge in [0.1, 0.15) is 5.03 Å². The zero-order valence-corrected chi connectivity index (χ0v) is 12.8. The summed E-state index contributed by atoms with van der Waals surface area (Å²) in [4.78, 5) is 16.6. The number of carbonyl (C=O) groups is 1. The van der Waals surface area contributed by atoms with Crippen molar-refractivity contribution >= 4 is 35.0 Å². The highest BCUT2D eigenvalue weighted by Gasteiger charge is 2.14. The van der Waals surface area contributed by atoms with E-state index < -0.39 is 0 Å². The fourth-order valence-corrected chi connectivity index (χ4v) is 2.59. The second-order valence-corrected chi connectivity index (χ2v) is 6.49. The molecule has 0 saturated carbocycles. The van der Waals surface area contributed by atoms with Crippen LogP contribution in [-0.2, 0) is 0 Å². The van der Waals surface area contributed by atoms with Gasteiger partial charge in [0.25, 0.3) is 5.91 Å². The average molecular weight is 307 g/mol. The largest absolute Gasteiger partial charge is 0.322 e. The first-order valence-corrected chi connectivity index (χ1v) is 7.50. The molecule has 5 heteroatoms. The van der Waals surface area contributed by atoms with Crippen LogP contribution in [0.25, 0.3) is 0 Å². The molecule has 1 aromatic heterocycles. The Labute approximate surface area is 127 Å². The lowest BCUT2D eigenvalue weighted by Gasteiger charge is -2.10. The number of benzene rings is 1. The van der Waals surface area contributed by atoms with E-state index in [-0.39, 0.29) is 5.91 Å². The van der Waals surface area contributed by atoms with E-state index >= 15 is 0 Å². The minimum atomic E-state index is -0.163. The number of aromatic nitrogens is 1. The molecule has 0 atom stereocenters. The van der Waals surface area contributed by atoms with E-state index in [1.165, 1.54) is 0 Å². The molecule has 0 fully saturated rings. The Kier molecular flexibility index (Phi) is 5.04. The van der Waals surface area contributed by atoms with Crippen molar-refractivity contribution in [2.45, 2.75) is 24.1 Å². The third kappa shape index (κ3) is 3.99. The van der Waals surface area contributed by atoms with E-state index in [1.807, 2.05) is 0 Å². The minimum absolute atomic E-state index is 0.163. The maximum absolute atomic E-state index is 12.3. The highest BCUT2D eigenvalue weighted by atomic mass is 35.5. The van der Waals surface area contributed by atoms with E-state index in [0.717, 1.165) is 5.03 Å². The number of thioether (sulfide) groups is 1. The number of halogens is 1. The second-order valence-electron chi connectivity index (χ2n) is 4.48. The zero-order chi connectivity index (χ0) is 14.5. The third-order valence-electron chi connectivity index (χ3n) is 2.47. The number of amides is 1. The summed E-state index contributed by atoms with van der Waals surface area (Å²) in [5.41, 5.74) is 1.30. The van der Waals surface area contributed by atoms with Crippen molar-refractivity contribution in [3.8, 4) is 0 Å². The first-order chi connectivity index (χ1) is 9.56. The number of nitrogens with one attached hydrogen (secondary N) is 1. The molecule has 1 heterocycles. The Balaban J connectivity index is 2.18. The summed E-state index contributed by atoms with van der Waals surface area (Å²) in [5.74, 6) is -0.163. The van der Waals surface area contributed by atoms with Crippen molar-refractivity contribution < 1.29 is 4.79 Å². The first-order valence-electron chi connectivity index (χ1n) is 6.25. The Bertz CT molecular complexity index is 599. The van der Waals surface area contributed by atoms with Crippen molar-refractivity contribution in [1.29, 1.82) is 0 Å². The van der Waals surface area contributed by atoms with Crippen LogP contribution in [0.1, 0.15) is 24.2 Å². The van der Waals surface area contributed by atoms with E-state index in [0.29, 0.717) is 21.5 Å². The summed E-state index contributed by atoms with van der Waals surface area (Å²) in [7, 11) is 0. The van der Waals surface area contributed by atoms with Crippen molar-refractivity contribution in [1.82, 2.24) is 4.98 Å². The van der Waals surface area contributed by atoms with Crippen LogP contribution >= 0.6 is 23.4 Å². The number of hydrogen-bond acceptors (Lipinski definition) is 3. The lowest BCUT2D eigenvalue weighted by atomic mass is 10.2. The molecular weight excluding hydrogens is 292 g/mol. The molecule has 20 heavy (non-hydrogen) atoms. The molecule has 0 spiro atoms. The number of nitrogens with zero attached hydrogens (tertiary/aromatic N) is 1. The van der Waals surface area contributed by atoms with Gasteiger partial charge in [0, 0.05) is 22.2 Å². The van der Waals surface area contributed by atoms with Gasteiger partial charge >= 0.3 is 0 Å². The molecule has 0 aliphatic heterocycles. The summed E-state index contributed by atoms with van der Waals surface area (Å²) >= 11 is 7.40. The monoisotopic (exact) mass is 306 g/mol. The van der Waals surface area contributed by atoms with Gasteiger partial charge in [-0.15, -0.1) is 11.8 Å². The zero-order valence-electron chi connectivity index (χ0n) is 11.3. The smallest absolute Gasteiger partial charge is 0.258 e. The lowest BCUT2D eigenvalue weighted by Crippen LogP contribution is -2.13. The van der Waals surface area contributed by atoms with Gasteiger partial charge in [0.05, 0.1) is 5.56 Å². The molecular formula is C15H15ClN2OS. The molecule has 0 radical (unpaired) electrons.